The molecule has 7 rings (SSSR count). The zero-order valence-corrected chi connectivity index (χ0v) is 25.2. The molecule has 0 unspecified atom stereocenters. The molecule has 2 bridgehead atoms. The first kappa shape index (κ1) is 28.9. The maximum atomic E-state index is 16.1. The van der Waals surface area contributed by atoms with Gasteiger partial charge in [-0.3, -0.25) is 9.48 Å². The van der Waals surface area contributed by atoms with Crippen molar-refractivity contribution in [2.24, 2.45) is 13.0 Å². The first-order chi connectivity index (χ1) is 20.7. The SMILES string of the molecule is COC(=O)CCc1c(C(=O)OC)n(C)c2c(-c3c(C)nn(C45CC(C4)C5)c3COCc3ccc(OC)cc3)c(F)ccc12. The lowest BCUT2D eigenvalue weighted by Gasteiger charge is -2.61. The van der Waals surface area contributed by atoms with Gasteiger partial charge in [0, 0.05) is 30.0 Å². The summed E-state index contributed by atoms with van der Waals surface area (Å²) in [5.74, 6) is 0.0953. The summed E-state index contributed by atoms with van der Waals surface area (Å²) < 4.78 is 41.4. The zero-order chi connectivity index (χ0) is 30.5. The van der Waals surface area contributed by atoms with Crippen molar-refractivity contribution in [3.05, 3.63) is 70.4 Å². The number of aromatic nitrogens is 3. The van der Waals surface area contributed by atoms with E-state index in [0.29, 0.717) is 45.8 Å². The third-order valence-corrected chi connectivity index (χ3v) is 9.12. The predicted octanol–water partition coefficient (Wildman–Crippen LogP) is 5.62. The van der Waals surface area contributed by atoms with Crippen molar-refractivity contribution in [2.45, 2.75) is 57.8 Å². The Kier molecular flexibility index (Phi) is 7.50. The minimum absolute atomic E-state index is 0.0616. The van der Waals surface area contributed by atoms with E-state index in [1.54, 1.807) is 24.8 Å². The molecule has 0 spiro atoms. The number of ether oxygens (including phenoxy) is 4. The van der Waals surface area contributed by atoms with Gasteiger partial charge in [0.05, 0.1) is 57.0 Å². The lowest BCUT2D eigenvalue weighted by molar-refractivity contribution is -0.140. The summed E-state index contributed by atoms with van der Waals surface area (Å²) in [7, 11) is 5.98. The monoisotopic (exact) mass is 589 g/mol. The summed E-state index contributed by atoms with van der Waals surface area (Å²) in [6.45, 7) is 2.49. The molecule has 2 heterocycles. The number of nitrogens with zero attached hydrogens (tertiary/aromatic N) is 3. The van der Waals surface area contributed by atoms with Gasteiger partial charge in [0.15, 0.2) is 0 Å². The van der Waals surface area contributed by atoms with Crippen LogP contribution >= 0.6 is 0 Å². The van der Waals surface area contributed by atoms with Gasteiger partial charge in [-0.2, -0.15) is 5.10 Å². The van der Waals surface area contributed by atoms with E-state index in [1.807, 2.05) is 31.2 Å². The fourth-order valence-corrected chi connectivity index (χ4v) is 6.88. The number of aryl methyl sites for hydroxylation is 3. The van der Waals surface area contributed by atoms with E-state index >= 15 is 4.39 Å². The molecule has 226 valence electrons. The van der Waals surface area contributed by atoms with Crippen LogP contribution in [-0.4, -0.2) is 47.6 Å². The Bertz CT molecular complexity index is 1700. The predicted molar refractivity (Wildman–Crippen MR) is 157 cm³/mol. The smallest absolute Gasteiger partial charge is 0.354 e. The van der Waals surface area contributed by atoms with Crippen LogP contribution in [0.1, 0.15) is 58.7 Å². The largest absolute Gasteiger partial charge is 0.497 e. The number of halogens is 1. The van der Waals surface area contributed by atoms with Crippen LogP contribution in [0.4, 0.5) is 4.39 Å². The standard InChI is InChI=1S/C33H36FN3O6/c1-19-28(26(37(35-19)33-14-21(15-33)16-33)18-43-17-20-6-8-22(40-3)9-7-20)29-25(34)12-10-23-24(11-13-27(38)41-4)31(32(39)42-5)36(2)30(23)29/h6-10,12,21H,11,13-18H2,1-5H3. The molecule has 3 aliphatic carbocycles. The Balaban J connectivity index is 1.47. The number of esters is 2. The van der Waals surface area contributed by atoms with Crippen molar-refractivity contribution in [1.29, 1.82) is 0 Å². The normalized spacial score (nSPS) is 18.7. The summed E-state index contributed by atoms with van der Waals surface area (Å²) in [5.41, 5.74) is 4.87. The third kappa shape index (κ3) is 4.77. The van der Waals surface area contributed by atoms with Gasteiger partial charge >= 0.3 is 11.9 Å². The minimum atomic E-state index is -0.561. The molecule has 3 saturated carbocycles. The van der Waals surface area contributed by atoms with Gasteiger partial charge in [-0.1, -0.05) is 12.1 Å². The van der Waals surface area contributed by atoms with Crippen molar-refractivity contribution < 1.29 is 32.9 Å². The molecule has 0 saturated heterocycles. The molecule has 0 atom stereocenters. The van der Waals surface area contributed by atoms with Crippen LogP contribution in [0.25, 0.3) is 22.0 Å². The molecule has 4 aromatic rings. The van der Waals surface area contributed by atoms with E-state index in [2.05, 4.69) is 4.68 Å². The molecule has 0 radical (unpaired) electrons. The molecule has 3 fully saturated rings. The zero-order valence-electron chi connectivity index (χ0n) is 25.2. The van der Waals surface area contributed by atoms with Gasteiger partial charge in [0.1, 0.15) is 17.3 Å². The number of rotatable bonds is 11. The van der Waals surface area contributed by atoms with E-state index in [1.165, 1.54) is 20.3 Å². The number of benzene rings is 2. The van der Waals surface area contributed by atoms with Crippen LogP contribution in [0.3, 0.4) is 0 Å². The Hall–Kier alpha value is -4.18. The molecule has 0 N–H and O–H groups in total. The average molecular weight is 590 g/mol. The fourth-order valence-electron chi connectivity index (χ4n) is 6.88. The van der Waals surface area contributed by atoms with Gasteiger partial charge in [0.25, 0.3) is 0 Å². The van der Waals surface area contributed by atoms with Gasteiger partial charge < -0.3 is 23.5 Å². The average Bonchev–Trinajstić information content (AvgIpc) is 3.42. The maximum Gasteiger partial charge on any atom is 0.354 e. The van der Waals surface area contributed by atoms with Gasteiger partial charge in [-0.15, -0.1) is 0 Å². The van der Waals surface area contributed by atoms with Crippen LogP contribution in [-0.2, 0) is 51.2 Å². The highest BCUT2D eigenvalue weighted by Gasteiger charge is 2.59. The molecule has 0 aliphatic heterocycles. The summed E-state index contributed by atoms with van der Waals surface area (Å²) in [4.78, 5) is 25.1. The van der Waals surface area contributed by atoms with Gasteiger partial charge in [-0.25, -0.2) is 9.18 Å². The third-order valence-electron chi connectivity index (χ3n) is 9.12. The van der Waals surface area contributed by atoms with E-state index in [0.717, 1.165) is 36.3 Å². The number of hydrogen-bond donors (Lipinski definition) is 0. The van der Waals surface area contributed by atoms with Gasteiger partial charge in [0.2, 0.25) is 0 Å². The van der Waals surface area contributed by atoms with E-state index < -0.39 is 17.8 Å². The number of hydrogen-bond acceptors (Lipinski definition) is 7. The van der Waals surface area contributed by atoms with Gasteiger partial charge in [-0.05, 0) is 73.9 Å². The van der Waals surface area contributed by atoms with Crippen LogP contribution in [0.5, 0.6) is 5.75 Å². The molecule has 43 heavy (non-hydrogen) atoms. The quantitative estimate of drug-likeness (QED) is 0.210. The number of carbonyl (C=O) groups is 2. The second-order valence-electron chi connectivity index (χ2n) is 11.6. The molecular weight excluding hydrogens is 553 g/mol. The highest BCUT2D eigenvalue weighted by Crippen LogP contribution is 2.63. The lowest BCUT2D eigenvalue weighted by Crippen LogP contribution is -2.60. The summed E-state index contributed by atoms with van der Waals surface area (Å²) in [6.07, 6.45) is 3.47. The van der Waals surface area contributed by atoms with Crippen molar-refractivity contribution in [3.63, 3.8) is 0 Å². The van der Waals surface area contributed by atoms with E-state index in [-0.39, 0.29) is 30.7 Å². The van der Waals surface area contributed by atoms with Crippen molar-refractivity contribution >= 4 is 22.8 Å². The summed E-state index contributed by atoms with van der Waals surface area (Å²) in [6, 6.07) is 10.8. The van der Waals surface area contributed by atoms with Crippen LogP contribution < -0.4 is 4.74 Å². The Morgan fingerprint density at radius 2 is 1.72 bits per heavy atom. The molecule has 2 aromatic heterocycles. The highest BCUT2D eigenvalue weighted by atomic mass is 19.1. The van der Waals surface area contributed by atoms with E-state index in [9.17, 15) is 9.59 Å². The van der Waals surface area contributed by atoms with Crippen LogP contribution in [0.2, 0.25) is 0 Å². The Morgan fingerprint density at radius 1 is 1.00 bits per heavy atom. The van der Waals surface area contributed by atoms with Crippen LogP contribution in [0.15, 0.2) is 36.4 Å². The first-order valence-corrected chi connectivity index (χ1v) is 14.5. The van der Waals surface area contributed by atoms with Crippen molar-refractivity contribution in [3.8, 4) is 16.9 Å². The molecule has 3 aliphatic rings. The number of fused-ring (bicyclic) bond motifs is 1. The second-order valence-corrected chi connectivity index (χ2v) is 11.6. The lowest BCUT2D eigenvalue weighted by atomic mass is 9.50. The number of carbonyl (C=O) groups excluding carboxylic acids is 2. The summed E-state index contributed by atoms with van der Waals surface area (Å²) >= 11 is 0. The van der Waals surface area contributed by atoms with E-state index in [4.69, 9.17) is 24.0 Å². The number of methoxy groups -OCH3 is 3. The van der Waals surface area contributed by atoms with Crippen molar-refractivity contribution in [1.82, 2.24) is 14.3 Å². The Labute approximate surface area is 249 Å². The summed E-state index contributed by atoms with van der Waals surface area (Å²) in [5, 5.41) is 5.66. The Morgan fingerprint density at radius 3 is 2.33 bits per heavy atom. The molecule has 10 heteroatoms. The molecule has 2 aromatic carbocycles. The minimum Gasteiger partial charge on any atom is -0.497 e. The highest BCUT2D eigenvalue weighted by molar-refractivity contribution is 6.05. The fraction of sp³-hybridized carbons (Fsp3) is 0.424. The van der Waals surface area contributed by atoms with Crippen molar-refractivity contribution in [2.75, 3.05) is 21.3 Å². The van der Waals surface area contributed by atoms with Crippen LogP contribution in [0, 0.1) is 18.7 Å². The molecule has 0 amide bonds. The maximum absolute atomic E-state index is 16.1. The topological polar surface area (TPSA) is 93.8 Å². The first-order valence-electron chi connectivity index (χ1n) is 14.5. The second kappa shape index (κ2) is 11.1. The molecular formula is C33H36FN3O6. The molecule has 9 nitrogen and oxygen atoms in total.